The van der Waals surface area contributed by atoms with E-state index in [1.807, 2.05) is 0 Å². The summed E-state index contributed by atoms with van der Waals surface area (Å²) in [5, 5.41) is 10.5. The van der Waals surface area contributed by atoms with Crippen molar-refractivity contribution in [3.8, 4) is 11.5 Å². The maximum Gasteiger partial charge on any atom is 0.416 e. The average Bonchev–Trinajstić information content (AvgIpc) is 3.20. The van der Waals surface area contributed by atoms with Gasteiger partial charge in [-0.2, -0.15) is 13.2 Å². The van der Waals surface area contributed by atoms with Crippen LogP contribution in [-0.2, 0) is 10.0 Å². The highest BCUT2D eigenvalue weighted by Crippen LogP contribution is 2.42. The number of halogens is 5. The van der Waals surface area contributed by atoms with E-state index < -0.39 is 32.3 Å². The van der Waals surface area contributed by atoms with Gasteiger partial charge in [0.05, 0.1) is 31.0 Å². The number of benzene rings is 3. The first-order valence-corrected chi connectivity index (χ1v) is 12.4. The maximum absolute atomic E-state index is 13.6. The summed E-state index contributed by atoms with van der Waals surface area (Å²) in [6.45, 7) is 4.88. The molecule has 0 fully saturated rings. The zero-order chi connectivity index (χ0) is 27.3. The van der Waals surface area contributed by atoms with Gasteiger partial charge in [-0.05, 0) is 37.3 Å². The first-order chi connectivity index (χ1) is 17.2. The van der Waals surface area contributed by atoms with Gasteiger partial charge in [0.1, 0.15) is 5.75 Å². The van der Waals surface area contributed by atoms with Gasteiger partial charge in [0, 0.05) is 29.3 Å². The van der Waals surface area contributed by atoms with Gasteiger partial charge in [0.25, 0.3) is 15.7 Å². The zero-order valence-electron chi connectivity index (χ0n) is 18.7. The largest absolute Gasteiger partial charge is 0.454 e. The number of nitro benzene ring substituents is 1. The van der Waals surface area contributed by atoms with Gasteiger partial charge in [0.2, 0.25) is 0 Å². The SMILES string of the molecule is C=C(c1cn(S(=O)(=O)c2ccc(C)cc2)c2ccc(Oc3c(Cl)cc([N+](=O)[O-])cc3Cl)cc12)C(F)(F)F. The van der Waals surface area contributed by atoms with E-state index in [1.54, 1.807) is 19.1 Å². The number of aryl methyl sites for hydroxylation is 1. The van der Waals surface area contributed by atoms with E-state index in [1.165, 1.54) is 30.3 Å². The quantitative estimate of drug-likeness (QED) is 0.174. The van der Waals surface area contributed by atoms with Crippen molar-refractivity contribution in [1.82, 2.24) is 3.97 Å². The van der Waals surface area contributed by atoms with Crippen LogP contribution in [0.5, 0.6) is 11.5 Å². The van der Waals surface area contributed by atoms with Crippen LogP contribution in [0.4, 0.5) is 18.9 Å². The Morgan fingerprint density at radius 3 is 2.19 bits per heavy atom. The molecule has 1 heterocycles. The molecule has 0 aliphatic carbocycles. The molecule has 0 unspecified atom stereocenters. The Hall–Kier alpha value is -3.54. The van der Waals surface area contributed by atoms with E-state index in [9.17, 15) is 31.7 Å². The van der Waals surface area contributed by atoms with Crippen LogP contribution in [0.2, 0.25) is 10.0 Å². The van der Waals surface area contributed by atoms with Crippen molar-refractivity contribution in [1.29, 1.82) is 0 Å². The predicted molar refractivity (Wildman–Crippen MR) is 134 cm³/mol. The molecule has 3 aromatic carbocycles. The summed E-state index contributed by atoms with van der Waals surface area (Å²) in [6, 6.07) is 11.6. The van der Waals surface area contributed by atoms with Gasteiger partial charge in [-0.25, -0.2) is 12.4 Å². The van der Waals surface area contributed by atoms with Crippen molar-refractivity contribution < 1.29 is 31.2 Å². The number of fused-ring (bicyclic) bond motifs is 1. The van der Waals surface area contributed by atoms with Crippen LogP contribution >= 0.6 is 23.2 Å². The number of allylic oxidation sites excluding steroid dienone is 1. The number of ether oxygens (including phenoxy) is 1. The Kier molecular flexibility index (Phi) is 6.74. The predicted octanol–water partition coefficient (Wildman–Crippen LogP) is 7.77. The van der Waals surface area contributed by atoms with Gasteiger partial charge in [-0.3, -0.25) is 10.1 Å². The van der Waals surface area contributed by atoms with Crippen molar-refractivity contribution in [2.75, 3.05) is 0 Å². The number of rotatable bonds is 6. The zero-order valence-corrected chi connectivity index (χ0v) is 21.0. The molecule has 0 aliphatic rings. The Labute approximate surface area is 218 Å². The molecule has 1 aromatic heterocycles. The molecule has 0 N–H and O–H groups in total. The fourth-order valence-electron chi connectivity index (χ4n) is 3.53. The van der Waals surface area contributed by atoms with Crippen molar-refractivity contribution in [2.24, 2.45) is 0 Å². The second kappa shape index (κ2) is 9.40. The average molecular weight is 571 g/mol. The molecular formula is C24H15Cl2F3N2O5S. The highest BCUT2D eigenvalue weighted by atomic mass is 35.5. The molecule has 0 amide bonds. The second-order valence-corrected chi connectivity index (χ2v) is 10.5. The van der Waals surface area contributed by atoms with Gasteiger partial charge in [0.15, 0.2) is 5.75 Å². The number of non-ortho nitro benzene ring substituents is 1. The summed E-state index contributed by atoms with van der Waals surface area (Å²) >= 11 is 12.1. The molecule has 7 nitrogen and oxygen atoms in total. The molecule has 0 saturated carbocycles. The fraction of sp³-hybridized carbons (Fsp3) is 0.0833. The number of aromatic nitrogens is 1. The third kappa shape index (κ3) is 5.02. The topological polar surface area (TPSA) is 91.4 Å². The summed E-state index contributed by atoms with van der Waals surface area (Å²) in [6.07, 6.45) is -4.00. The first kappa shape index (κ1) is 26.5. The fourth-order valence-corrected chi connectivity index (χ4v) is 5.45. The Bertz CT molecular complexity index is 1660. The van der Waals surface area contributed by atoms with Crippen LogP contribution in [0.3, 0.4) is 0 Å². The number of hydrogen-bond acceptors (Lipinski definition) is 5. The van der Waals surface area contributed by atoms with E-state index in [2.05, 4.69) is 6.58 Å². The second-order valence-electron chi connectivity index (χ2n) is 7.91. The van der Waals surface area contributed by atoms with E-state index >= 15 is 0 Å². The molecule has 0 bridgehead atoms. The van der Waals surface area contributed by atoms with Gasteiger partial charge < -0.3 is 4.74 Å². The molecule has 37 heavy (non-hydrogen) atoms. The van der Waals surface area contributed by atoms with Crippen LogP contribution in [0.15, 0.2) is 72.3 Å². The summed E-state index contributed by atoms with van der Waals surface area (Å²) < 4.78 is 73.9. The van der Waals surface area contributed by atoms with Crippen LogP contribution in [0.25, 0.3) is 16.5 Å². The van der Waals surface area contributed by atoms with Crippen molar-refractivity contribution in [3.05, 3.63) is 98.7 Å². The molecule has 0 radical (unpaired) electrons. The van der Waals surface area contributed by atoms with E-state index in [4.69, 9.17) is 27.9 Å². The molecule has 13 heteroatoms. The summed E-state index contributed by atoms with van der Waals surface area (Å²) in [4.78, 5) is 10.2. The lowest BCUT2D eigenvalue weighted by molar-refractivity contribution is -0.384. The summed E-state index contributed by atoms with van der Waals surface area (Å²) in [5.74, 6) is -0.219. The van der Waals surface area contributed by atoms with Crippen molar-refractivity contribution in [3.63, 3.8) is 0 Å². The van der Waals surface area contributed by atoms with Gasteiger partial charge in [-0.15, -0.1) is 0 Å². The lowest BCUT2D eigenvalue weighted by Crippen LogP contribution is -2.12. The monoisotopic (exact) mass is 570 g/mol. The molecule has 192 valence electrons. The minimum atomic E-state index is -4.85. The third-order valence-electron chi connectivity index (χ3n) is 5.40. The first-order valence-electron chi connectivity index (χ1n) is 10.3. The number of alkyl halides is 3. The smallest absolute Gasteiger partial charge is 0.416 e. The van der Waals surface area contributed by atoms with Gasteiger partial charge >= 0.3 is 6.18 Å². The van der Waals surface area contributed by atoms with Crippen molar-refractivity contribution in [2.45, 2.75) is 18.0 Å². The summed E-state index contributed by atoms with van der Waals surface area (Å²) in [7, 11) is -4.28. The number of nitro groups is 1. The maximum atomic E-state index is 13.6. The Morgan fingerprint density at radius 2 is 1.65 bits per heavy atom. The van der Waals surface area contributed by atoms with Crippen LogP contribution < -0.4 is 4.74 Å². The molecule has 4 aromatic rings. The number of hydrogen-bond donors (Lipinski definition) is 0. The van der Waals surface area contributed by atoms with E-state index in [0.29, 0.717) is 0 Å². The molecule has 0 saturated heterocycles. The van der Waals surface area contributed by atoms with E-state index in [-0.39, 0.29) is 43.0 Å². The highest BCUT2D eigenvalue weighted by molar-refractivity contribution is 7.90. The van der Waals surface area contributed by atoms with Crippen LogP contribution in [0, 0.1) is 17.0 Å². The normalized spacial score (nSPS) is 12.1. The van der Waals surface area contributed by atoms with Crippen LogP contribution in [-0.4, -0.2) is 23.5 Å². The third-order valence-corrected chi connectivity index (χ3v) is 7.65. The number of nitrogens with zero attached hydrogens (tertiary/aromatic N) is 2. The lowest BCUT2D eigenvalue weighted by atomic mass is 10.1. The van der Waals surface area contributed by atoms with Gasteiger partial charge in [-0.1, -0.05) is 47.5 Å². The van der Waals surface area contributed by atoms with Crippen LogP contribution in [0.1, 0.15) is 11.1 Å². The molecular weight excluding hydrogens is 556 g/mol. The highest BCUT2D eigenvalue weighted by Gasteiger charge is 2.36. The minimum absolute atomic E-state index is 0.0492. The minimum Gasteiger partial charge on any atom is -0.454 e. The Morgan fingerprint density at radius 1 is 1.05 bits per heavy atom. The van der Waals surface area contributed by atoms with E-state index in [0.717, 1.165) is 27.9 Å². The molecule has 0 aliphatic heterocycles. The standard InChI is InChI=1S/C24H15Cl2F3N2O5S/c1-13-3-6-17(7-4-13)37(34,35)30-12-19(14(2)24(27,28)29)18-11-16(5-8-22(18)30)36-23-20(25)9-15(31(32)33)10-21(23)26/h3-12H,2H2,1H3. The Balaban J connectivity index is 1.89. The molecule has 0 atom stereocenters. The molecule has 0 spiro atoms. The lowest BCUT2D eigenvalue weighted by Gasteiger charge is -2.11. The van der Waals surface area contributed by atoms with Crippen molar-refractivity contribution >= 4 is 55.4 Å². The molecule has 4 rings (SSSR count). The summed E-state index contributed by atoms with van der Waals surface area (Å²) in [5.41, 5.74) is -1.40.